The second-order valence-corrected chi connectivity index (χ2v) is 6.91. The molecule has 2 aromatic rings. The van der Waals surface area contributed by atoms with Gasteiger partial charge in [0.05, 0.1) is 0 Å². The lowest BCUT2D eigenvalue weighted by Crippen LogP contribution is -2.23. The van der Waals surface area contributed by atoms with Gasteiger partial charge in [0.1, 0.15) is 0 Å². The van der Waals surface area contributed by atoms with Crippen molar-refractivity contribution >= 4 is 23.2 Å². The van der Waals surface area contributed by atoms with Crippen molar-refractivity contribution < 1.29 is 9.59 Å². The smallest absolute Gasteiger partial charge is 0.255 e. The molecule has 4 nitrogen and oxygen atoms in total. The molecule has 0 spiro atoms. The summed E-state index contributed by atoms with van der Waals surface area (Å²) in [6.45, 7) is 7.92. The topological polar surface area (TPSA) is 49.4 Å². The number of rotatable bonds is 3. The van der Waals surface area contributed by atoms with Crippen LogP contribution in [0, 0.1) is 0 Å². The summed E-state index contributed by atoms with van der Waals surface area (Å²) in [6.07, 6.45) is 0. The summed E-state index contributed by atoms with van der Waals surface area (Å²) in [4.78, 5) is 25.4. The highest BCUT2D eigenvalue weighted by molar-refractivity contribution is 6.04. The molecule has 0 bridgehead atoms. The molecule has 4 heteroatoms. The fraction of sp³-hybridized carbons (Fsp3) is 0.300. The summed E-state index contributed by atoms with van der Waals surface area (Å²) in [5.41, 5.74) is 3.24. The Balaban J connectivity index is 2.15. The van der Waals surface area contributed by atoms with Gasteiger partial charge in [-0.15, -0.1) is 0 Å². The number of hydrogen-bond acceptors (Lipinski definition) is 2. The zero-order valence-corrected chi connectivity index (χ0v) is 14.9. The lowest BCUT2D eigenvalue weighted by Gasteiger charge is -2.19. The number of nitrogens with one attached hydrogen (secondary N) is 1. The van der Waals surface area contributed by atoms with Crippen molar-refractivity contribution in [3.8, 4) is 0 Å². The van der Waals surface area contributed by atoms with E-state index in [9.17, 15) is 9.59 Å². The molecule has 0 heterocycles. The third-order valence-corrected chi connectivity index (χ3v) is 3.98. The minimum atomic E-state index is -0.168. The molecule has 2 rings (SSSR count). The van der Waals surface area contributed by atoms with Gasteiger partial charge in [-0.3, -0.25) is 9.59 Å². The van der Waals surface area contributed by atoms with E-state index >= 15 is 0 Å². The van der Waals surface area contributed by atoms with Crippen LogP contribution in [0.25, 0.3) is 0 Å². The molecule has 1 N–H and O–H groups in total. The van der Waals surface area contributed by atoms with Crippen LogP contribution in [-0.2, 0) is 10.2 Å². The quantitative estimate of drug-likeness (QED) is 0.919. The van der Waals surface area contributed by atoms with Crippen molar-refractivity contribution in [2.24, 2.45) is 0 Å². The maximum Gasteiger partial charge on any atom is 0.255 e. The highest BCUT2D eigenvalue weighted by atomic mass is 16.2. The zero-order chi connectivity index (χ0) is 17.9. The molecule has 0 aliphatic carbocycles. The standard InChI is InChI=1S/C20H24N2O2/c1-14(23)22(5)18-8-6-7-17(13-18)21-19(24)15-9-11-16(12-10-15)20(2,3)4/h6-13H,1-5H3,(H,21,24). The predicted octanol–water partition coefficient (Wildman–Crippen LogP) is 4.22. The Hall–Kier alpha value is -2.62. The largest absolute Gasteiger partial charge is 0.322 e. The maximum atomic E-state index is 12.4. The average Bonchev–Trinajstić information content (AvgIpc) is 2.53. The Kier molecular flexibility index (Phi) is 5.07. The van der Waals surface area contributed by atoms with Gasteiger partial charge in [0, 0.05) is 30.9 Å². The Labute approximate surface area is 143 Å². The molecule has 0 fully saturated rings. The lowest BCUT2D eigenvalue weighted by atomic mass is 9.87. The van der Waals surface area contributed by atoms with Gasteiger partial charge in [-0.25, -0.2) is 0 Å². The van der Waals surface area contributed by atoms with E-state index in [1.165, 1.54) is 17.4 Å². The second-order valence-electron chi connectivity index (χ2n) is 6.91. The van der Waals surface area contributed by atoms with Crippen LogP contribution in [0.1, 0.15) is 43.6 Å². The molecular formula is C20H24N2O2. The van der Waals surface area contributed by atoms with E-state index in [2.05, 4.69) is 26.1 Å². The first-order valence-electron chi connectivity index (χ1n) is 7.95. The maximum absolute atomic E-state index is 12.4. The van der Waals surface area contributed by atoms with Crippen LogP contribution in [0.2, 0.25) is 0 Å². The van der Waals surface area contributed by atoms with E-state index in [-0.39, 0.29) is 17.2 Å². The number of carbonyl (C=O) groups is 2. The van der Waals surface area contributed by atoms with E-state index < -0.39 is 0 Å². The van der Waals surface area contributed by atoms with Gasteiger partial charge >= 0.3 is 0 Å². The van der Waals surface area contributed by atoms with E-state index in [1.54, 1.807) is 19.2 Å². The Morgan fingerprint density at radius 1 is 1.00 bits per heavy atom. The molecule has 0 aliphatic rings. The minimum Gasteiger partial charge on any atom is -0.322 e. The minimum absolute atomic E-state index is 0.0562. The van der Waals surface area contributed by atoms with Crippen LogP contribution < -0.4 is 10.2 Å². The lowest BCUT2D eigenvalue weighted by molar-refractivity contribution is -0.116. The van der Waals surface area contributed by atoms with Crippen molar-refractivity contribution in [1.82, 2.24) is 0 Å². The SMILES string of the molecule is CC(=O)N(C)c1cccc(NC(=O)c2ccc(C(C)(C)C)cc2)c1. The van der Waals surface area contributed by atoms with E-state index in [0.29, 0.717) is 11.3 Å². The molecule has 0 atom stereocenters. The molecule has 24 heavy (non-hydrogen) atoms. The molecule has 2 amide bonds. The van der Waals surface area contributed by atoms with Gasteiger partial charge in [-0.05, 0) is 41.3 Å². The summed E-state index contributed by atoms with van der Waals surface area (Å²) in [6, 6.07) is 14.9. The molecule has 0 saturated heterocycles. The Morgan fingerprint density at radius 2 is 1.62 bits per heavy atom. The fourth-order valence-corrected chi connectivity index (χ4v) is 2.30. The third kappa shape index (κ3) is 4.22. The number of anilines is 2. The summed E-state index contributed by atoms with van der Waals surface area (Å²) in [5.74, 6) is -0.227. The monoisotopic (exact) mass is 324 g/mol. The first kappa shape index (κ1) is 17.7. The molecular weight excluding hydrogens is 300 g/mol. The van der Waals surface area contributed by atoms with E-state index in [1.807, 2.05) is 36.4 Å². The fourth-order valence-electron chi connectivity index (χ4n) is 2.30. The molecule has 0 aromatic heterocycles. The summed E-state index contributed by atoms with van der Waals surface area (Å²) in [7, 11) is 1.70. The number of carbonyl (C=O) groups excluding carboxylic acids is 2. The van der Waals surface area contributed by atoms with E-state index in [0.717, 1.165) is 5.69 Å². The van der Waals surface area contributed by atoms with Crippen molar-refractivity contribution in [1.29, 1.82) is 0 Å². The van der Waals surface area contributed by atoms with Crippen molar-refractivity contribution in [3.05, 3.63) is 59.7 Å². The number of nitrogens with zero attached hydrogens (tertiary/aromatic N) is 1. The highest BCUT2D eigenvalue weighted by Crippen LogP contribution is 2.23. The molecule has 0 aliphatic heterocycles. The first-order chi connectivity index (χ1) is 11.2. The van der Waals surface area contributed by atoms with Crippen molar-refractivity contribution in [2.45, 2.75) is 33.1 Å². The van der Waals surface area contributed by atoms with Crippen LogP contribution in [0.15, 0.2) is 48.5 Å². The highest BCUT2D eigenvalue weighted by Gasteiger charge is 2.14. The van der Waals surface area contributed by atoms with Crippen LogP contribution >= 0.6 is 0 Å². The zero-order valence-electron chi connectivity index (χ0n) is 14.9. The predicted molar refractivity (Wildman–Crippen MR) is 98.6 cm³/mol. The van der Waals surface area contributed by atoms with Gasteiger partial charge in [0.25, 0.3) is 5.91 Å². The van der Waals surface area contributed by atoms with Gasteiger partial charge < -0.3 is 10.2 Å². The number of hydrogen-bond donors (Lipinski definition) is 1. The van der Waals surface area contributed by atoms with Crippen LogP contribution in [0.5, 0.6) is 0 Å². The average molecular weight is 324 g/mol. The van der Waals surface area contributed by atoms with Crippen LogP contribution in [0.3, 0.4) is 0 Å². The first-order valence-corrected chi connectivity index (χ1v) is 7.95. The van der Waals surface area contributed by atoms with Crippen molar-refractivity contribution in [2.75, 3.05) is 17.3 Å². The molecule has 0 radical (unpaired) electrons. The Bertz CT molecular complexity index is 743. The summed E-state index contributed by atoms with van der Waals surface area (Å²) >= 11 is 0. The third-order valence-electron chi connectivity index (χ3n) is 3.98. The summed E-state index contributed by atoms with van der Waals surface area (Å²) in [5, 5.41) is 2.87. The molecule has 2 aromatic carbocycles. The second kappa shape index (κ2) is 6.87. The normalized spacial score (nSPS) is 11.0. The summed E-state index contributed by atoms with van der Waals surface area (Å²) < 4.78 is 0. The molecule has 126 valence electrons. The van der Waals surface area contributed by atoms with Crippen LogP contribution in [-0.4, -0.2) is 18.9 Å². The van der Waals surface area contributed by atoms with Crippen LogP contribution in [0.4, 0.5) is 11.4 Å². The number of benzene rings is 2. The van der Waals surface area contributed by atoms with Gasteiger partial charge in [-0.1, -0.05) is 39.0 Å². The Morgan fingerprint density at radius 3 is 2.17 bits per heavy atom. The number of amides is 2. The van der Waals surface area contributed by atoms with Crippen molar-refractivity contribution in [3.63, 3.8) is 0 Å². The van der Waals surface area contributed by atoms with Gasteiger partial charge in [-0.2, -0.15) is 0 Å². The molecule has 0 saturated carbocycles. The van der Waals surface area contributed by atoms with Gasteiger partial charge in [0.15, 0.2) is 0 Å². The van der Waals surface area contributed by atoms with Gasteiger partial charge in [0.2, 0.25) is 5.91 Å². The van der Waals surface area contributed by atoms with E-state index in [4.69, 9.17) is 0 Å². The molecule has 0 unspecified atom stereocenters.